The zero-order valence-corrected chi connectivity index (χ0v) is 22.0. The number of guanidine groups is 1. The Bertz CT molecular complexity index is 821. The average molecular weight is 560 g/mol. The highest BCUT2D eigenvalue weighted by molar-refractivity contribution is 14.0. The van der Waals surface area contributed by atoms with E-state index in [0.717, 1.165) is 30.0 Å². The molecule has 1 aromatic carbocycles. The first kappa shape index (κ1) is 27.2. The van der Waals surface area contributed by atoms with Crippen molar-refractivity contribution in [1.82, 2.24) is 20.9 Å². The van der Waals surface area contributed by atoms with Crippen LogP contribution in [0.1, 0.15) is 49.2 Å². The highest BCUT2D eigenvalue weighted by Crippen LogP contribution is 2.15. The van der Waals surface area contributed by atoms with Gasteiger partial charge in [-0.3, -0.25) is 4.99 Å². The zero-order chi connectivity index (χ0) is 22.0. The van der Waals surface area contributed by atoms with Gasteiger partial charge in [-0.25, -0.2) is 9.78 Å². The topological polar surface area (TPSA) is 87.6 Å². The van der Waals surface area contributed by atoms with E-state index in [9.17, 15) is 4.79 Å². The second kappa shape index (κ2) is 13.5. The minimum absolute atomic E-state index is 0. The third-order valence-corrected chi connectivity index (χ3v) is 5.37. The fraction of sp³-hybridized carbons (Fsp3) is 0.500. The largest absolute Gasteiger partial charge is 0.444 e. The van der Waals surface area contributed by atoms with Crippen molar-refractivity contribution in [2.24, 2.45) is 4.99 Å². The molecule has 0 fully saturated rings. The van der Waals surface area contributed by atoms with Crippen LogP contribution < -0.4 is 16.0 Å². The molecule has 0 aliphatic rings. The maximum absolute atomic E-state index is 12.3. The smallest absolute Gasteiger partial charge is 0.408 e. The van der Waals surface area contributed by atoms with Crippen molar-refractivity contribution in [1.29, 1.82) is 0 Å². The summed E-state index contributed by atoms with van der Waals surface area (Å²) < 4.78 is 5.42. The number of carbonyl (C=O) groups excluding carboxylic acids is 1. The number of aromatic nitrogens is 1. The van der Waals surface area contributed by atoms with Gasteiger partial charge in [0.05, 0.1) is 11.0 Å². The fourth-order valence-electron chi connectivity index (χ4n) is 2.72. The normalized spacial score (nSPS) is 12.5. The average Bonchev–Trinajstić information content (AvgIpc) is 3.16. The minimum Gasteiger partial charge on any atom is -0.444 e. The van der Waals surface area contributed by atoms with Crippen LogP contribution in [0.4, 0.5) is 4.79 Å². The van der Waals surface area contributed by atoms with Crippen molar-refractivity contribution >= 4 is 47.4 Å². The van der Waals surface area contributed by atoms with Gasteiger partial charge in [0, 0.05) is 37.6 Å². The Morgan fingerprint density at radius 3 is 2.52 bits per heavy atom. The van der Waals surface area contributed by atoms with Crippen LogP contribution in [0.15, 0.2) is 41.5 Å². The molecule has 7 nitrogen and oxygen atoms in total. The van der Waals surface area contributed by atoms with E-state index in [1.807, 2.05) is 57.3 Å². The van der Waals surface area contributed by atoms with Gasteiger partial charge in [-0.2, -0.15) is 0 Å². The molecule has 9 heteroatoms. The van der Waals surface area contributed by atoms with Crippen LogP contribution in [-0.2, 0) is 17.6 Å². The lowest BCUT2D eigenvalue weighted by atomic mass is 10.1. The summed E-state index contributed by atoms with van der Waals surface area (Å²) in [6, 6.07) is 9.55. The monoisotopic (exact) mass is 559 g/mol. The summed E-state index contributed by atoms with van der Waals surface area (Å²) in [5.74, 6) is 0.675. The molecule has 1 amide bonds. The molecule has 2 rings (SSSR count). The number of benzene rings is 1. The van der Waals surface area contributed by atoms with E-state index >= 15 is 0 Å². The Balaban J connectivity index is 0.00000480. The molecule has 0 radical (unpaired) electrons. The molecule has 0 spiro atoms. The molecule has 2 aromatic rings. The van der Waals surface area contributed by atoms with E-state index in [4.69, 9.17) is 4.74 Å². The number of alkyl carbamates (subject to hydrolysis) is 1. The Kier molecular flexibility index (Phi) is 11.8. The zero-order valence-electron chi connectivity index (χ0n) is 18.9. The minimum atomic E-state index is -0.552. The van der Waals surface area contributed by atoms with Gasteiger partial charge < -0.3 is 20.7 Å². The number of hydrogen-bond acceptors (Lipinski definition) is 5. The Morgan fingerprint density at radius 2 is 1.94 bits per heavy atom. The summed E-state index contributed by atoms with van der Waals surface area (Å²) in [7, 11) is 1.73. The third-order valence-electron chi connectivity index (χ3n) is 4.17. The Hall–Kier alpha value is -1.88. The van der Waals surface area contributed by atoms with Crippen molar-refractivity contribution in [3.63, 3.8) is 0 Å². The SMILES string of the molecule is CCc1cnc(CCNC(=NC)NCC(NC(=O)OC(C)(C)C)c2ccccc2)s1.I. The van der Waals surface area contributed by atoms with Crippen LogP contribution in [-0.4, -0.2) is 42.8 Å². The lowest BCUT2D eigenvalue weighted by Gasteiger charge is -2.24. The lowest BCUT2D eigenvalue weighted by Crippen LogP contribution is -2.44. The van der Waals surface area contributed by atoms with E-state index in [2.05, 4.69) is 32.9 Å². The van der Waals surface area contributed by atoms with Crippen LogP contribution in [0.5, 0.6) is 0 Å². The van der Waals surface area contributed by atoms with E-state index in [-0.39, 0.29) is 30.0 Å². The van der Waals surface area contributed by atoms with Gasteiger partial charge in [-0.05, 0) is 32.8 Å². The number of aryl methyl sites for hydroxylation is 1. The molecule has 1 aromatic heterocycles. The molecule has 0 saturated carbocycles. The van der Waals surface area contributed by atoms with Crippen LogP contribution in [0, 0.1) is 0 Å². The summed E-state index contributed by atoms with van der Waals surface area (Å²) in [4.78, 5) is 22.3. The molecule has 1 atom stereocenters. The first-order valence-electron chi connectivity index (χ1n) is 10.2. The standard InChI is InChI=1S/C22H33N5O2S.HI/c1-6-17-14-25-19(30-17)12-13-24-20(23-5)26-15-18(16-10-8-7-9-11-16)27-21(28)29-22(2,3)4;/h7-11,14,18H,6,12-13,15H2,1-5H3,(H,27,28)(H2,23,24,26);1H. The fourth-order valence-corrected chi connectivity index (χ4v) is 3.58. The molecule has 172 valence electrons. The first-order valence-corrected chi connectivity index (χ1v) is 11.0. The van der Waals surface area contributed by atoms with Crippen LogP contribution in [0.3, 0.4) is 0 Å². The molecule has 0 bridgehead atoms. The number of nitrogens with one attached hydrogen (secondary N) is 3. The number of halogens is 1. The van der Waals surface area contributed by atoms with Gasteiger partial charge in [-0.15, -0.1) is 35.3 Å². The van der Waals surface area contributed by atoms with E-state index < -0.39 is 11.7 Å². The van der Waals surface area contributed by atoms with E-state index in [1.54, 1.807) is 18.4 Å². The van der Waals surface area contributed by atoms with Crippen LogP contribution >= 0.6 is 35.3 Å². The molecule has 1 heterocycles. The van der Waals surface area contributed by atoms with Crippen LogP contribution in [0.2, 0.25) is 0 Å². The summed E-state index contributed by atoms with van der Waals surface area (Å²) in [6.45, 7) is 8.88. The number of aliphatic imine (C=N–C) groups is 1. The lowest BCUT2D eigenvalue weighted by molar-refractivity contribution is 0.0504. The van der Waals surface area contributed by atoms with Crippen molar-refractivity contribution in [2.75, 3.05) is 20.1 Å². The van der Waals surface area contributed by atoms with E-state index in [0.29, 0.717) is 12.5 Å². The first-order chi connectivity index (χ1) is 14.3. The summed E-state index contributed by atoms with van der Waals surface area (Å²) in [5.41, 5.74) is 0.435. The van der Waals surface area contributed by atoms with Crippen molar-refractivity contribution < 1.29 is 9.53 Å². The molecule has 3 N–H and O–H groups in total. The van der Waals surface area contributed by atoms with Crippen LogP contribution in [0.25, 0.3) is 0 Å². The Morgan fingerprint density at radius 1 is 1.23 bits per heavy atom. The second-order valence-electron chi connectivity index (χ2n) is 7.81. The number of ether oxygens (including phenoxy) is 1. The number of carbonyl (C=O) groups is 1. The van der Waals surface area contributed by atoms with Gasteiger partial charge in [0.2, 0.25) is 0 Å². The van der Waals surface area contributed by atoms with Gasteiger partial charge in [0.15, 0.2) is 5.96 Å². The highest BCUT2D eigenvalue weighted by Gasteiger charge is 2.20. The summed E-state index contributed by atoms with van der Waals surface area (Å²) in [5, 5.41) is 10.7. The van der Waals surface area contributed by atoms with Gasteiger partial charge >= 0.3 is 6.09 Å². The molecule has 0 aliphatic carbocycles. The predicted octanol–water partition coefficient (Wildman–Crippen LogP) is 4.30. The molecule has 31 heavy (non-hydrogen) atoms. The van der Waals surface area contributed by atoms with E-state index in [1.165, 1.54) is 4.88 Å². The quantitative estimate of drug-likeness (QED) is 0.255. The molecular formula is C22H34IN5O2S. The number of amides is 1. The molecular weight excluding hydrogens is 525 g/mol. The summed E-state index contributed by atoms with van der Waals surface area (Å²) >= 11 is 1.75. The van der Waals surface area contributed by atoms with Gasteiger partial charge in [0.25, 0.3) is 0 Å². The maximum atomic E-state index is 12.3. The molecule has 0 aliphatic heterocycles. The predicted molar refractivity (Wildman–Crippen MR) is 139 cm³/mol. The van der Waals surface area contributed by atoms with Crippen molar-refractivity contribution in [3.8, 4) is 0 Å². The molecule has 1 unspecified atom stereocenters. The third kappa shape index (κ3) is 10.3. The number of nitrogens with zero attached hydrogens (tertiary/aromatic N) is 2. The van der Waals surface area contributed by atoms with Gasteiger partial charge in [-0.1, -0.05) is 37.3 Å². The number of thiazole rings is 1. The van der Waals surface area contributed by atoms with Gasteiger partial charge in [0.1, 0.15) is 5.60 Å². The highest BCUT2D eigenvalue weighted by atomic mass is 127. The maximum Gasteiger partial charge on any atom is 0.408 e. The number of rotatable bonds is 8. The van der Waals surface area contributed by atoms with Crippen molar-refractivity contribution in [2.45, 2.75) is 52.2 Å². The Labute approximate surface area is 206 Å². The summed E-state index contributed by atoms with van der Waals surface area (Å²) in [6.07, 6.45) is 3.35. The molecule has 0 saturated heterocycles. The number of hydrogen-bond donors (Lipinski definition) is 3. The second-order valence-corrected chi connectivity index (χ2v) is 9.01. The van der Waals surface area contributed by atoms with Crippen molar-refractivity contribution in [3.05, 3.63) is 52.0 Å².